The van der Waals surface area contributed by atoms with Gasteiger partial charge in [0.15, 0.2) is 0 Å². The Balaban J connectivity index is 1.31. The maximum Gasteiger partial charge on any atom is 0.269 e. The van der Waals surface area contributed by atoms with E-state index in [0.29, 0.717) is 66.3 Å². The number of non-ortho nitro benzene ring substituents is 1. The normalized spacial score (nSPS) is 21.6. The number of nitro groups is 1. The number of nitro benzene ring substituents is 1. The molecule has 1 saturated carbocycles. The average Bonchev–Trinajstić information content (AvgIpc) is 3.39. The van der Waals surface area contributed by atoms with Gasteiger partial charge in [0.05, 0.1) is 34.1 Å². The molecule has 384 valence electrons. The molecule has 8 rings (SSSR count). The highest BCUT2D eigenvalue weighted by Gasteiger charge is 2.66. The predicted molar refractivity (Wildman–Crippen MR) is 280 cm³/mol. The number of oxime groups is 1. The number of benzene rings is 5. The molecular weight excluding hydrogens is 949 g/mol. The van der Waals surface area contributed by atoms with Crippen molar-refractivity contribution in [2.45, 2.75) is 94.5 Å². The maximum absolute atomic E-state index is 15.4. The standard InChI is InChI=1S/C57H64N4O11S/c1-4-31-60(73(67,68)48-28-21-44(22-29-48)58-39(3)64)54-37-52(59-70-38-40-17-23-45(24-18-40)61(65)66)50-35-43(15-9-11-32-62)49(16-10-12-33-63)55-51-36-47(27-30-53(51)72-57(54,56(50)55)69-34-5-2)71-46-25-19-42(20-26-46)41-13-7-6-8-14-41/h5-8,13-14,17-30,35-36,43,49,54-56,62-63H,2,4,9-12,15-16,31-34,37-38H2,1,3H3,(H,58,64). The number of anilines is 1. The summed E-state index contributed by atoms with van der Waals surface area (Å²) in [6, 6.07) is 34.8. The van der Waals surface area contributed by atoms with E-state index < -0.39 is 32.7 Å². The predicted octanol–water partition coefficient (Wildman–Crippen LogP) is 10.9. The lowest BCUT2D eigenvalue weighted by Crippen LogP contribution is -2.70. The molecule has 2 aliphatic carbocycles. The molecule has 15 nitrogen and oxygen atoms in total. The summed E-state index contributed by atoms with van der Waals surface area (Å²) in [6.45, 7) is 7.41. The van der Waals surface area contributed by atoms with Crippen LogP contribution in [0.4, 0.5) is 11.4 Å². The van der Waals surface area contributed by atoms with Crippen molar-refractivity contribution in [3.8, 4) is 28.4 Å². The van der Waals surface area contributed by atoms with Gasteiger partial charge in [0.25, 0.3) is 5.69 Å². The Labute approximate surface area is 427 Å². The number of allylic oxidation sites excluding steroid dienone is 1. The molecule has 3 aliphatic rings. The van der Waals surface area contributed by atoms with Crippen LogP contribution in [0.25, 0.3) is 11.1 Å². The largest absolute Gasteiger partial charge is 0.460 e. The summed E-state index contributed by atoms with van der Waals surface area (Å²) in [6.07, 6.45) is 8.32. The minimum Gasteiger partial charge on any atom is -0.460 e. The van der Waals surface area contributed by atoms with E-state index in [9.17, 15) is 25.1 Å². The van der Waals surface area contributed by atoms with Crippen LogP contribution in [-0.4, -0.2) is 77.7 Å². The Kier molecular flexibility index (Phi) is 17.2. The van der Waals surface area contributed by atoms with E-state index in [4.69, 9.17) is 24.2 Å². The minimum atomic E-state index is -4.35. The smallest absolute Gasteiger partial charge is 0.269 e. The minimum absolute atomic E-state index is 0.00368. The van der Waals surface area contributed by atoms with Crippen molar-refractivity contribution in [2.24, 2.45) is 22.9 Å². The number of hydrogen-bond donors (Lipinski definition) is 3. The molecule has 0 bridgehead atoms. The molecule has 1 amide bonds. The third-order valence-electron chi connectivity index (χ3n) is 14.0. The lowest BCUT2D eigenvalue weighted by Gasteiger charge is -2.59. The van der Waals surface area contributed by atoms with Crippen LogP contribution in [0.3, 0.4) is 0 Å². The second kappa shape index (κ2) is 23.9. The number of unbranched alkanes of at least 4 members (excludes halogenated alkanes) is 2. The number of amides is 1. The first-order chi connectivity index (χ1) is 35.4. The highest BCUT2D eigenvalue weighted by atomic mass is 32.2. The van der Waals surface area contributed by atoms with Gasteiger partial charge in [0.1, 0.15) is 23.9 Å². The fourth-order valence-corrected chi connectivity index (χ4v) is 12.5. The molecule has 6 unspecified atom stereocenters. The number of hydrogen-bond acceptors (Lipinski definition) is 12. The Hall–Kier alpha value is -6.69. The number of ether oxygens (including phenoxy) is 3. The number of sulfonamides is 1. The topological polar surface area (TPSA) is 199 Å². The second-order valence-electron chi connectivity index (χ2n) is 18.8. The van der Waals surface area contributed by atoms with Crippen LogP contribution < -0.4 is 14.8 Å². The van der Waals surface area contributed by atoms with E-state index in [1.807, 2.05) is 67.6 Å². The number of aliphatic hydroxyl groups is 2. The van der Waals surface area contributed by atoms with Gasteiger partial charge in [0.2, 0.25) is 21.7 Å². The number of fused-ring (bicyclic) bond motifs is 2. The number of nitrogens with zero attached hydrogens (tertiary/aromatic N) is 3. The first-order valence-corrected chi connectivity index (χ1v) is 26.5. The van der Waals surface area contributed by atoms with Gasteiger partial charge in [-0.05, 0) is 133 Å². The van der Waals surface area contributed by atoms with Crippen LogP contribution in [0.1, 0.15) is 82.3 Å². The van der Waals surface area contributed by atoms with Crippen LogP contribution in [0.15, 0.2) is 156 Å². The molecule has 0 saturated heterocycles. The van der Waals surface area contributed by atoms with Crippen molar-refractivity contribution in [3.05, 3.63) is 167 Å². The molecule has 1 aliphatic heterocycles. The molecule has 1 heterocycles. The summed E-state index contributed by atoms with van der Waals surface area (Å²) in [5.41, 5.74) is 5.27. The van der Waals surface area contributed by atoms with E-state index in [-0.39, 0.29) is 73.6 Å². The van der Waals surface area contributed by atoms with Crippen molar-refractivity contribution in [3.63, 3.8) is 0 Å². The summed E-state index contributed by atoms with van der Waals surface area (Å²) in [5.74, 6) is -1.48. The number of aliphatic hydroxyl groups excluding tert-OH is 2. The maximum atomic E-state index is 15.4. The summed E-state index contributed by atoms with van der Waals surface area (Å²) >= 11 is 0. The third-order valence-corrected chi connectivity index (χ3v) is 15.9. The lowest BCUT2D eigenvalue weighted by atomic mass is 9.55. The first kappa shape index (κ1) is 52.6. The number of rotatable bonds is 24. The van der Waals surface area contributed by atoms with Gasteiger partial charge in [-0.2, -0.15) is 4.31 Å². The van der Waals surface area contributed by atoms with Crippen LogP contribution in [0.5, 0.6) is 17.2 Å². The van der Waals surface area contributed by atoms with E-state index in [1.54, 1.807) is 30.3 Å². The SMILES string of the molecule is C=CCOC12Oc3ccc(Oc4ccc(-c5ccccc5)cc4)cc3C3C(CCCCO)C(CCCCO)C=C(C(=NOCc4ccc([N+](=O)[O-])cc4)CC1N(CCC)S(=O)(=O)c1ccc(NC(C)=O)cc1)C32. The molecular formula is C57H64N4O11S. The van der Waals surface area contributed by atoms with Crippen LogP contribution in [0, 0.1) is 27.9 Å². The van der Waals surface area contributed by atoms with E-state index in [2.05, 4.69) is 30.1 Å². The molecule has 5 aromatic rings. The lowest BCUT2D eigenvalue weighted by molar-refractivity contribution is -0.384. The second-order valence-corrected chi connectivity index (χ2v) is 20.7. The Bertz CT molecular complexity index is 2880. The summed E-state index contributed by atoms with van der Waals surface area (Å²) in [5, 5.41) is 39.1. The number of carbonyl (C=O) groups excluding carboxylic acids is 1. The molecule has 5 aromatic carbocycles. The Morgan fingerprint density at radius 3 is 2.26 bits per heavy atom. The summed E-state index contributed by atoms with van der Waals surface area (Å²) in [4.78, 5) is 29.1. The average molecular weight is 1010 g/mol. The van der Waals surface area contributed by atoms with E-state index >= 15 is 8.42 Å². The van der Waals surface area contributed by atoms with Gasteiger partial charge in [0, 0.05) is 62.4 Å². The van der Waals surface area contributed by atoms with Gasteiger partial charge in [-0.25, -0.2) is 8.42 Å². The Morgan fingerprint density at radius 2 is 1.60 bits per heavy atom. The van der Waals surface area contributed by atoms with E-state index in [1.165, 1.54) is 35.5 Å². The number of nitrogens with one attached hydrogen (secondary N) is 1. The molecule has 0 radical (unpaired) electrons. The molecule has 0 spiro atoms. The zero-order valence-electron chi connectivity index (χ0n) is 41.3. The fraction of sp³-hybridized carbons (Fsp3) is 0.368. The van der Waals surface area contributed by atoms with E-state index in [0.717, 1.165) is 35.1 Å². The molecule has 6 atom stereocenters. The van der Waals surface area contributed by atoms with Gasteiger partial charge < -0.3 is 34.6 Å². The Morgan fingerprint density at radius 1 is 0.918 bits per heavy atom. The van der Waals surface area contributed by atoms with Crippen molar-refractivity contribution < 1.29 is 47.4 Å². The van der Waals surface area contributed by atoms with Gasteiger partial charge in [-0.1, -0.05) is 79.5 Å². The van der Waals surface area contributed by atoms with Crippen LogP contribution in [0.2, 0.25) is 0 Å². The molecule has 0 aromatic heterocycles. The van der Waals surface area contributed by atoms with Gasteiger partial charge >= 0.3 is 0 Å². The molecule has 1 fully saturated rings. The monoisotopic (exact) mass is 1010 g/mol. The van der Waals surface area contributed by atoms with Crippen LogP contribution in [-0.2, 0) is 31.0 Å². The molecule has 16 heteroatoms. The quantitative estimate of drug-likeness (QED) is 0.0230. The highest BCUT2D eigenvalue weighted by Crippen LogP contribution is 2.62. The fourth-order valence-electron chi connectivity index (χ4n) is 10.8. The summed E-state index contributed by atoms with van der Waals surface area (Å²) < 4.78 is 53.3. The van der Waals surface area contributed by atoms with Crippen molar-refractivity contribution in [1.29, 1.82) is 0 Å². The van der Waals surface area contributed by atoms with Gasteiger partial charge in [-0.3, -0.25) is 14.9 Å². The van der Waals surface area contributed by atoms with Crippen LogP contribution >= 0.6 is 0 Å². The van der Waals surface area contributed by atoms with Gasteiger partial charge in [-0.15, -0.1) is 6.58 Å². The molecule has 3 N–H and O–H groups in total. The zero-order chi connectivity index (χ0) is 51.5. The third kappa shape index (κ3) is 11.7. The highest BCUT2D eigenvalue weighted by molar-refractivity contribution is 7.89. The molecule has 73 heavy (non-hydrogen) atoms. The first-order valence-electron chi connectivity index (χ1n) is 25.1. The van der Waals surface area contributed by atoms with Crippen molar-refractivity contribution in [2.75, 3.05) is 31.7 Å². The zero-order valence-corrected chi connectivity index (χ0v) is 42.1. The van der Waals surface area contributed by atoms with Crippen molar-refractivity contribution in [1.82, 2.24) is 4.31 Å². The van der Waals surface area contributed by atoms with Crippen molar-refractivity contribution >= 4 is 33.0 Å². The summed E-state index contributed by atoms with van der Waals surface area (Å²) in [7, 11) is -4.35. The number of carbonyl (C=O) groups is 1.